The van der Waals surface area contributed by atoms with Crippen molar-refractivity contribution in [3.63, 3.8) is 0 Å². The molecule has 0 bridgehead atoms. The number of amides is 2. The Balaban J connectivity index is 1.32. The third-order valence-electron chi connectivity index (χ3n) is 8.06. The van der Waals surface area contributed by atoms with Gasteiger partial charge in [-0.1, -0.05) is 56.3 Å². The van der Waals surface area contributed by atoms with E-state index < -0.39 is 0 Å². The quantitative estimate of drug-likeness (QED) is 0.352. The minimum atomic E-state index is -0.283. The number of rotatable bonds is 9. The molecule has 3 aliphatic rings. The minimum Gasteiger partial charge on any atom is -0.464 e. The van der Waals surface area contributed by atoms with E-state index in [0.29, 0.717) is 12.1 Å². The summed E-state index contributed by atoms with van der Waals surface area (Å²) in [6.07, 6.45) is 1.63. The molecule has 0 fully saturated rings. The van der Waals surface area contributed by atoms with E-state index in [2.05, 4.69) is 40.0 Å². The van der Waals surface area contributed by atoms with Gasteiger partial charge in [-0.2, -0.15) is 0 Å². The van der Waals surface area contributed by atoms with Crippen molar-refractivity contribution in [1.82, 2.24) is 20.9 Å². The number of benzene rings is 2. The third kappa shape index (κ3) is 5.36. The summed E-state index contributed by atoms with van der Waals surface area (Å²) < 4.78 is 6.26. The van der Waals surface area contributed by atoms with Gasteiger partial charge in [0.15, 0.2) is 6.23 Å². The van der Waals surface area contributed by atoms with Crippen LogP contribution in [0.5, 0.6) is 0 Å². The Morgan fingerprint density at radius 2 is 1.82 bits per heavy atom. The van der Waals surface area contributed by atoms with E-state index in [0.717, 1.165) is 64.7 Å². The Kier molecular flexibility index (Phi) is 7.98. The number of nitrogens with one attached hydrogen (secondary N) is 4. The van der Waals surface area contributed by atoms with Gasteiger partial charge in [-0.15, -0.1) is 0 Å². The second-order valence-corrected chi connectivity index (χ2v) is 10.6. The van der Waals surface area contributed by atoms with Gasteiger partial charge in [0, 0.05) is 47.2 Å². The Morgan fingerprint density at radius 1 is 1.07 bits per heavy atom. The van der Waals surface area contributed by atoms with Crippen LogP contribution in [0.3, 0.4) is 0 Å². The van der Waals surface area contributed by atoms with Gasteiger partial charge in [-0.3, -0.25) is 9.59 Å². The van der Waals surface area contributed by atoms with Crippen molar-refractivity contribution in [3.05, 3.63) is 88.3 Å². The highest BCUT2D eigenvalue weighted by Gasteiger charge is 2.35. The molecule has 3 aliphatic heterocycles. The van der Waals surface area contributed by atoms with Gasteiger partial charge in [0.25, 0.3) is 5.91 Å². The van der Waals surface area contributed by atoms with E-state index in [9.17, 15) is 9.59 Å². The molecule has 3 heterocycles. The van der Waals surface area contributed by atoms with Crippen molar-refractivity contribution in [2.45, 2.75) is 46.9 Å². The lowest BCUT2D eigenvalue weighted by Gasteiger charge is -2.20. The molecular formula is C32H39N5O3. The molecule has 210 valence electrons. The van der Waals surface area contributed by atoms with Crippen molar-refractivity contribution in [3.8, 4) is 0 Å². The number of allylic oxidation sites excluding steroid dienone is 2. The molecule has 0 spiro atoms. The minimum absolute atomic E-state index is 0.0154. The number of nitrogens with zero attached hydrogens (tertiary/aromatic N) is 1. The van der Waals surface area contributed by atoms with Crippen LogP contribution < -0.4 is 21.3 Å². The summed E-state index contributed by atoms with van der Waals surface area (Å²) in [6.45, 7) is 13.6. The van der Waals surface area contributed by atoms with Crippen molar-refractivity contribution >= 4 is 28.8 Å². The number of carbonyl (C=O) groups is 2. The smallest absolute Gasteiger partial charge is 0.256 e. The number of likely N-dealkylation sites (N-methyl/N-ethyl adjacent to an activating group) is 1. The molecule has 8 nitrogen and oxygen atoms in total. The Labute approximate surface area is 236 Å². The van der Waals surface area contributed by atoms with Gasteiger partial charge in [-0.25, -0.2) is 0 Å². The first-order valence-electron chi connectivity index (χ1n) is 14.1. The van der Waals surface area contributed by atoms with E-state index >= 15 is 0 Å². The van der Waals surface area contributed by atoms with Gasteiger partial charge in [-0.05, 0) is 51.6 Å². The SMILES string of the molecule is CCN(CC)CCNC(=O)C1C(C)=C(/C=C2\C(=O)Nc3cc(C4=C(C)NC(c5ccccc5)O4)ccc32)NC1C. The maximum atomic E-state index is 13.0. The largest absolute Gasteiger partial charge is 0.464 e. The van der Waals surface area contributed by atoms with Crippen LogP contribution in [0.4, 0.5) is 5.69 Å². The summed E-state index contributed by atoms with van der Waals surface area (Å²) in [4.78, 5) is 28.4. The third-order valence-corrected chi connectivity index (χ3v) is 8.06. The molecule has 5 rings (SSSR count). The Bertz CT molecular complexity index is 1390. The fraction of sp³-hybridized carbons (Fsp3) is 0.375. The van der Waals surface area contributed by atoms with Crippen molar-refractivity contribution in [2.24, 2.45) is 5.92 Å². The molecule has 3 unspecified atom stereocenters. The second kappa shape index (κ2) is 11.6. The van der Waals surface area contributed by atoms with Crippen LogP contribution in [0, 0.1) is 5.92 Å². The van der Waals surface area contributed by atoms with E-state index in [1.165, 1.54) is 0 Å². The summed E-state index contributed by atoms with van der Waals surface area (Å²) in [5, 5.41) is 13.0. The predicted octanol–water partition coefficient (Wildman–Crippen LogP) is 4.37. The van der Waals surface area contributed by atoms with E-state index in [1.807, 2.05) is 75.4 Å². The zero-order chi connectivity index (χ0) is 28.4. The van der Waals surface area contributed by atoms with Gasteiger partial charge in [0.1, 0.15) is 5.76 Å². The predicted molar refractivity (Wildman–Crippen MR) is 159 cm³/mol. The Morgan fingerprint density at radius 3 is 2.55 bits per heavy atom. The summed E-state index contributed by atoms with van der Waals surface area (Å²) in [7, 11) is 0. The van der Waals surface area contributed by atoms with E-state index in [-0.39, 0.29) is 30.0 Å². The van der Waals surface area contributed by atoms with Crippen LogP contribution in [-0.4, -0.2) is 48.9 Å². The second-order valence-electron chi connectivity index (χ2n) is 10.6. The summed E-state index contributed by atoms with van der Waals surface area (Å²) in [6, 6.07) is 15.9. The molecule has 40 heavy (non-hydrogen) atoms. The van der Waals surface area contributed by atoms with Crippen LogP contribution >= 0.6 is 0 Å². The molecule has 0 radical (unpaired) electrons. The lowest BCUT2D eigenvalue weighted by Crippen LogP contribution is -2.41. The standard InChI is InChI=1S/C32H39N5O3/c1-6-37(7-2)16-15-33-31(39)28-19(3)26(34-20(28)4)18-25-24-14-13-23(17-27(24)36-30(25)38)29-21(5)35-32(40-29)22-11-9-8-10-12-22/h8-14,17-18,20,28,32,34-35H,6-7,15-16H2,1-5H3,(H,33,39)(H,36,38)/b25-18-. The average molecular weight is 542 g/mol. The molecule has 0 saturated heterocycles. The zero-order valence-corrected chi connectivity index (χ0v) is 23.9. The topological polar surface area (TPSA) is 94.7 Å². The molecule has 2 aromatic carbocycles. The highest BCUT2D eigenvalue weighted by atomic mass is 16.5. The fourth-order valence-corrected chi connectivity index (χ4v) is 5.74. The molecule has 0 saturated carbocycles. The molecule has 0 aliphatic carbocycles. The van der Waals surface area contributed by atoms with Crippen molar-refractivity contribution in [2.75, 3.05) is 31.5 Å². The maximum absolute atomic E-state index is 13.0. The molecule has 8 heteroatoms. The highest BCUT2D eigenvalue weighted by Crippen LogP contribution is 2.39. The van der Waals surface area contributed by atoms with Gasteiger partial charge in [0.2, 0.25) is 5.91 Å². The normalized spacial score (nSPS) is 22.8. The molecule has 3 atom stereocenters. The number of ether oxygens (including phenoxy) is 1. The fourth-order valence-electron chi connectivity index (χ4n) is 5.74. The first-order valence-corrected chi connectivity index (χ1v) is 14.1. The van der Waals surface area contributed by atoms with Gasteiger partial charge < -0.3 is 30.9 Å². The maximum Gasteiger partial charge on any atom is 0.256 e. The van der Waals surface area contributed by atoms with Crippen molar-refractivity contribution in [1.29, 1.82) is 0 Å². The average Bonchev–Trinajstić information content (AvgIpc) is 3.58. The zero-order valence-electron chi connectivity index (χ0n) is 23.9. The first kappa shape index (κ1) is 27.5. The van der Waals surface area contributed by atoms with E-state index in [4.69, 9.17) is 4.74 Å². The number of fused-ring (bicyclic) bond motifs is 1. The molecular weight excluding hydrogens is 502 g/mol. The lowest BCUT2D eigenvalue weighted by atomic mass is 9.95. The van der Waals surface area contributed by atoms with Gasteiger partial charge >= 0.3 is 0 Å². The molecule has 2 amide bonds. The van der Waals surface area contributed by atoms with E-state index in [1.54, 1.807) is 0 Å². The lowest BCUT2D eigenvalue weighted by molar-refractivity contribution is -0.124. The summed E-state index contributed by atoms with van der Waals surface area (Å²) in [5.74, 6) is 0.339. The molecule has 4 N–H and O–H groups in total. The summed E-state index contributed by atoms with van der Waals surface area (Å²) >= 11 is 0. The van der Waals surface area contributed by atoms with Crippen molar-refractivity contribution < 1.29 is 14.3 Å². The van der Waals surface area contributed by atoms with Crippen LogP contribution in [-0.2, 0) is 14.3 Å². The number of anilines is 1. The number of carbonyl (C=O) groups excluding carboxylic acids is 2. The van der Waals surface area contributed by atoms with Crippen LogP contribution in [0.25, 0.3) is 11.3 Å². The number of hydrogen-bond acceptors (Lipinski definition) is 6. The number of hydrogen-bond donors (Lipinski definition) is 4. The monoisotopic (exact) mass is 541 g/mol. The van der Waals surface area contributed by atoms with Crippen LogP contribution in [0.2, 0.25) is 0 Å². The van der Waals surface area contributed by atoms with Gasteiger partial charge in [0.05, 0.1) is 17.2 Å². The molecule has 0 aromatic heterocycles. The highest BCUT2D eigenvalue weighted by molar-refractivity contribution is 6.32. The van der Waals surface area contributed by atoms with Crippen LogP contribution in [0.15, 0.2) is 71.6 Å². The van der Waals surface area contributed by atoms with Crippen LogP contribution in [0.1, 0.15) is 57.5 Å². The molecule has 2 aromatic rings. The Hall–Kier alpha value is -4.04. The first-order chi connectivity index (χ1) is 19.3. The summed E-state index contributed by atoms with van der Waals surface area (Å²) in [5.41, 5.74) is 6.82.